The molecule has 4 rings (SSSR count). The molecule has 0 aliphatic carbocycles. The van der Waals surface area contributed by atoms with Gasteiger partial charge in [-0.15, -0.1) is 0 Å². The molecule has 3 aromatic rings. The maximum Gasteiger partial charge on any atom is 0.312 e. The Kier molecular flexibility index (Phi) is 6.49. The number of hydrogen-bond acceptors (Lipinski definition) is 8. The number of halogens is 2. The molecule has 0 spiro atoms. The number of aliphatic hydroxyl groups is 1. The Morgan fingerprint density at radius 2 is 1.97 bits per heavy atom. The third-order valence-corrected chi connectivity index (χ3v) is 5.72. The van der Waals surface area contributed by atoms with Crippen molar-refractivity contribution in [3.8, 4) is 11.5 Å². The van der Waals surface area contributed by atoms with Gasteiger partial charge in [-0.2, -0.15) is 14.4 Å². The summed E-state index contributed by atoms with van der Waals surface area (Å²) in [5.74, 6) is 2.07. The lowest BCUT2D eigenvalue weighted by atomic mass is 10.1. The van der Waals surface area contributed by atoms with Gasteiger partial charge in [0, 0.05) is 29.7 Å². The Labute approximate surface area is 185 Å². The number of hydrogen-bond donors (Lipinski definition) is 2. The molecule has 1 aromatic carbocycles. The van der Waals surface area contributed by atoms with Crippen LogP contribution in [-0.4, -0.2) is 51.2 Å². The van der Waals surface area contributed by atoms with Crippen molar-refractivity contribution < 1.29 is 23.7 Å². The number of rotatable bonds is 9. The maximum absolute atomic E-state index is 13.8. The number of aromatic nitrogens is 4. The smallest absolute Gasteiger partial charge is 0.312 e. The van der Waals surface area contributed by atoms with E-state index in [0.29, 0.717) is 61.1 Å². The van der Waals surface area contributed by atoms with Crippen molar-refractivity contribution in [3.63, 3.8) is 0 Å². The number of benzene rings is 1. The SMILES string of the molecule is Nc1nc(F)nc2c1nc(Cc1cc3c(cc1I)OCO3)n2CCOCCCCO. The van der Waals surface area contributed by atoms with E-state index in [1.807, 2.05) is 16.7 Å². The first-order valence-electron chi connectivity index (χ1n) is 9.51. The van der Waals surface area contributed by atoms with Crippen LogP contribution in [0.2, 0.25) is 0 Å². The highest BCUT2D eigenvalue weighted by atomic mass is 127. The third kappa shape index (κ3) is 4.42. The van der Waals surface area contributed by atoms with E-state index in [-0.39, 0.29) is 19.2 Å². The fraction of sp³-hybridized carbons (Fsp3) is 0.421. The molecule has 3 N–H and O–H groups in total. The number of aliphatic hydroxyl groups excluding tert-OH is 1. The number of fused-ring (bicyclic) bond motifs is 2. The Morgan fingerprint density at radius 3 is 2.77 bits per heavy atom. The highest BCUT2D eigenvalue weighted by Crippen LogP contribution is 2.36. The van der Waals surface area contributed by atoms with Gasteiger partial charge in [0.1, 0.15) is 5.82 Å². The molecule has 160 valence electrons. The molecule has 3 heterocycles. The van der Waals surface area contributed by atoms with E-state index < -0.39 is 6.08 Å². The summed E-state index contributed by atoms with van der Waals surface area (Å²) < 4.78 is 33.2. The van der Waals surface area contributed by atoms with Crippen molar-refractivity contribution in [1.82, 2.24) is 19.5 Å². The van der Waals surface area contributed by atoms with Crippen molar-refractivity contribution in [2.45, 2.75) is 25.8 Å². The molecule has 2 aromatic heterocycles. The predicted molar refractivity (Wildman–Crippen MR) is 115 cm³/mol. The number of nitrogen functional groups attached to an aromatic ring is 1. The summed E-state index contributed by atoms with van der Waals surface area (Å²) in [5.41, 5.74) is 7.58. The van der Waals surface area contributed by atoms with E-state index in [4.69, 9.17) is 25.1 Å². The first kappa shape index (κ1) is 21.0. The van der Waals surface area contributed by atoms with Crippen LogP contribution in [-0.2, 0) is 17.7 Å². The fourth-order valence-corrected chi connectivity index (χ4v) is 3.88. The first-order chi connectivity index (χ1) is 14.6. The van der Waals surface area contributed by atoms with Gasteiger partial charge < -0.3 is 29.6 Å². The molecule has 0 amide bonds. The lowest BCUT2D eigenvalue weighted by Gasteiger charge is -2.11. The number of unbranched alkanes of at least 4 members (excludes halogenated alkanes) is 1. The van der Waals surface area contributed by atoms with Gasteiger partial charge in [-0.25, -0.2) is 4.98 Å². The molecule has 1 aliphatic heterocycles. The van der Waals surface area contributed by atoms with Crippen molar-refractivity contribution in [1.29, 1.82) is 0 Å². The zero-order valence-corrected chi connectivity index (χ0v) is 18.3. The van der Waals surface area contributed by atoms with E-state index in [0.717, 1.165) is 15.6 Å². The van der Waals surface area contributed by atoms with Gasteiger partial charge in [-0.05, 0) is 53.1 Å². The van der Waals surface area contributed by atoms with Crippen LogP contribution in [0.25, 0.3) is 11.2 Å². The van der Waals surface area contributed by atoms with E-state index >= 15 is 0 Å². The van der Waals surface area contributed by atoms with Crippen LogP contribution in [0.1, 0.15) is 24.2 Å². The van der Waals surface area contributed by atoms with E-state index in [9.17, 15) is 4.39 Å². The molecule has 1 aliphatic rings. The number of nitrogens with two attached hydrogens (primary N) is 1. The highest BCUT2D eigenvalue weighted by molar-refractivity contribution is 14.1. The van der Waals surface area contributed by atoms with Crippen LogP contribution in [0.4, 0.5) is 10.2 Å². The average molecular weight is 529 g/mol. The number of imidazole rings is 1. The third-order valence-electron chi connectivity index (χ3n) is 4.72. The molecule has 0 atom stereocenters. The maximum atomic E-state index is 13.8. The molecule has 9 nitrogen and oxygen atoms in total. The van der Waals surface area contributed by atoms with Crippen LogP contribution in [0.5, 0.6) is 11.5 Å². The topological polar surface area (TPSA) is 118 Å². The van der Waals surface area contributed by atoms with Crippen LogP contribution < -0.4 is 15.2 Å². The normalized spacial score (nSPS) is 12.8. The van der Waals surface area contributed by atoms with Gasteiger partial charge in [0.2, 0.25) is 6.79 Å². The molecule has 0 radical (unpaired) electrons. The zero-order valence-electron chi connectivity index (χ0n) is 16.1. The van der Waals surface area contributed by atoms with E-state index in [1.54, 1.807) is 0 Å². The molecular formula is C19H21FIN5O4. The lowest BCUT2D eigenvalue weighted by molar-refractivity contribution is 0.118. The number of ether oxygens (including phenoxy) is 3. The molecule has 0 bridgehead atoms. The average Bonchev–Trinajstić information content (AvgIpc) is 3.29. The second-order valence-electron chi connectivity index (χ2n) is 6.75. The summed E-state index contributed by atoms with van der Waals surface area (Å²) in [5, 5.41) is 8.85. The Morgan fingerprint density at radius 1 is 1.17 bits per heavy atom. The second kappa shape index (κ2) is 9.27. The van der Waals surface area contributed by atoms with Gasteiger partial charge in [0.15, 0.2) is 28.5 Å². The first-order valence-corrected chi connectivity index (χ1v) is 10.6. The molecule has 0 saturated carbocycles. The fourth-order valence-electron chi connectivity index (χ4n) is 3.25. The number of anilines is 1. The van der Waals surface area contributed by atoms with Crippen LogP contribution in [0.15, 0.2) is 12.1 Å². The summed E-state index contributed by atoms with van der Waals surface area (Å²) in [7, 11) is 0. The quantitative estimate of drug-likeness (QED) is 0.246. The highest BCUT2D eigenvalue weighted by Gasteiger charge is 2.21. The van der Waals surface area contributed by atoms with E-state index in [1.165, 1.54) is 0 Å². The second-order valence-corrected chi connectivity index (χ2v) is 7.91. The van der Waals surface area contributed by atoms with Gasteiger partial charge in [0.25, 0.3) is 0 Å². The van der Waals surface area contributed by atoms with Crippen molar-refractivity contribution >= 4 is 39.6 Å². The minimum atomic E-state index is -0.894. The molecule has 0 saturated heterocycles. The molecular weight excluding hydrogens is 508 g/mol. The summed E-state index contributed by atoms with van der Waals surface area (Å²) in [6, 6.07) is 3.85. The molecule has 0 fully saturated rings. The minimum absolute atomic E-state index is 0.00162. The monoisotopic (exact) mass is 529 g/mol. The lowest BCUT2D eigenvalue weighted by Crippen LogP contribution is -2.12. The Hall–Kier alpha value is -2.25. The van der Waals surface area contributed by atoms with Gasteiger partial charge in [-0.1, -0.05) is 0 Å². The van der Waals surface area contributed by atoms with Gasteiger partial charge in [-0.3, -0.25) is 0 Å². The predicted octanol–water partition coefficient (Wildman–Crippen LogP) is 2.26. The summed E-state index contributed by atoms with van der Waals surface area (Å²) in [6.45, 7) is 1.71. The van der Waals surface area contributed by atoms with Crippen LogP contribution in [0.3, 0.4) is 0 Å². The van der Waals surface area contributed by atoms with Gasteiger partial charge >= 0.3 is 6.08 Å². The number of nitrogens with zero attached hydrogens (tertiary/aromatic N) is 4. The van der Waals surface area contributed by atoms with Crippen molar-refractivity contribution in [2.24, 2.45) is 0 Å². The minimum Gasteiger partial charge on any atom is -0.454 e. The summed E-state index contributed by atoms with van der Waals surface area (Å²) in [6.07, 6.45) is 1.04. The standard InChI is InChI=1S/C19H21FIN5O4/c20-19-24-17(22)16-18(25-19)26(3-6-28-5-2-1-4-27)15(23-16)8-11-7-13-14(9-12(11)21)30-10-29-13/h7,9,27H,1-6,8,10H2,(H2,22,24,25). The summed E-state index contributed by atoms with van der Waals surface area (Å²) >= 11 is 2.24. The Bertz CT molecular complexity index is 1060. The molecule has 0 unspecified atom stereocenters. The Balaban J connectivity index is 1.62. The molecule has 30 heavy (non-hydrogen) atoms. The summed E-state index contributed by atoms with van der Waals surface area (Å²) in [4.78, 5) is 12.1. The van der Waals surface area contributed by atoms with Crippen molar-refractivity contribution in [3.05, 3.63) is 33.2 Å². The largest absolute Gasteiger partial charge is 0.454 e. The van der Waals surface area contributed by atoms with Crippen LogP contribution >= 0.6 is 22.6 Å². The molecule has 11 heteroatoms. The zero-order chi connectivity index (χ0) is 21.1. The van der Waals surface area contributed by atoms with E-state index in [2.05, 4.69) is 37.5 Å². The van der Waals surface area contributed by atoms with Gasteiger partial charge in [0.05, 0.1) is 6.61 Å². The van der Waals surface area contributed by atoms with Crippen molar-refractivity contribution in [2.75, 3.05) is 32.3 Å². The van der Waals surface area contributed by atoms with Crippen LogP contribution in [0, 0.1) is 9.65 Å².